The second kappa shape index (κ2) is 23.4. The van der Waals surface area contributed by atoms with E-state index in [2.05, 4.69) is 55.1 Å². The van der Waals surface area contributed by atoms with Crippen molar-refractivity contribution in [3.63, 3.8) is 0 Å². The molecule has 9 atom stereocenters. The van der Waals surface area contributed by atoms with Gasteiger partial charge in [-0.25, -0.2) is 0 Å². The maximum absolute atomic E-state index is 13.9. The van der Waals surface area contributed by atoms with Crippen LogP contribution in [0.3, 0.4) is 0 Å². The molecule has 0 aromatic heterocycles. The van der Waals surface area contributed by atoms with Crippen LogP contribution in [0.1, 0.15) is 91.4 Å². The maximum atomic E-state index is 13.9. The second-order valence-electron chi connectivity index (χ2n) is 16.9. The lowest BCUT2D eigenvalue weighted by atomic mass is 9.77. The number of carbonyl (C=O) groups is 5. The molecule has 2 heterocycles. The van der Waals surface area contributed by atoms with Crippen LogP contribution < -0.4 is 21.3 Å². The van der Waals surface area contributed by atoms with Crippen LogP contribution in [0.5, 0.6) is 0 Å². The number of azo groups is 1. The van der Waals surface area contributed by atoms with E-state index in [1.807, 2.05) is 0 Å². The van der Waals surface area contributed by atoms with Crippen LogP contribution in [0.4, 0.5) is 0 Å². The molecule has 4 N–H and O–H groups in total. The van der Waals surface area contributed by atoms with Gasteiger partial charge in [0.2, 0.25) is 23.8 Å². The summed E-state index contributed by atoms with van der Waals surface area (Å²) in [7, 11) is 3.14. The van der Waals surface area contributed by atoms with Gasteiger partial charge in [-0.05, 0) is 77.6 Å². The zero-order chi connectivity index (χ0) is 42.5. The monoisotopic (exact) mass is 852 g/mol. The van der Waals surface area contributed by atoms with E-state index in [1.165, 1.54) is 6.92 Å². The Morgan fingerprint density at radius 3 is 1.69 bits per heavy atom. The number of nitrogens with one attached hydrogen (secondary N) is 4. The fourth-order valence-electron chi connectivity index (χ4n) is 9.37. The minimum atomic E-state index is -1.30. The minimum absolute atomic E-state index is 0.0935. The highest BCUT2D eigenvalue weighted by atomic mass is 35.5. The molecule has 334 valence electrons. The van der Waals surface area contributed by atoms with E-state index in [9.17, 15) is 24.0 Å². The predicted octanol–water partition coefficient (Wildman–Crippen LogP) is 2.14. The molecule has 3 saturated carbocycles. The molecule has 3 aliphatic carbocycles. The van der Waals surface area contributed by atoms with Gasteiger partial charge in [0.15, 0.2) is 5.78 Å². The van der Waals surface area contributed by atoms with E-state index < -0.39 is 35.6 Å². The largest absolute Gasteiger partial charge is 0.380 e. The molecule has 59 heavy (non-hydrogen) atoms. The summed E-state index contributed by atoms with van der Waals surface area (Å²) in [5, 5.41) is 21.1. The summed E-state index contributed by atoms with van der Waals surface area (Å²) in [6.45, 7) is 10.9. The molecule has 0 spiro atoms. The van der Waals surface area contributed by atoms with Gasteiger partial charge in [-0.1, -0.05) is 13.8 Å². The zero-order valence-electron chi connectivity index (χ0n) is 35.7. The highest BCUT2D eigenvalue weighted by Gasteiger charge is 2.41. The molecule has 0 radical (unpaired) electrons. The van der Waals surface area contributed by atoms with Crippen molar-refractivity contribution in [3.8, 4) is 0 Å². The number of hydrogen-bond acceptors (Lipinski definition) is 13. The average Bonchev–Trinajstić information content (AvgIpc) is 3.25. The molecule has 2 saturated heterocycles. The molecule has 0 aromatic carbocycles. The normalized spacial score (nSPS) is 32.7. The van der Waals surface area contributed by atoms with Gasteiger partial charge in [-0.2, -0.15) is 10.2 Å². The standard InChI is InChI=1S/C41H69ClN8O9/c1-6-35(49-12-16-58-17-13-49)45-39(53)27-20-28(40(54)46-36(7-2)50-14-18-59-19-15-50)22-30(21-27)43-38(52)26-8-10-29(11-9-26)47-48-37(25(3)51)41(55)44-32-24-33(56-4)31(42)23-34(32)57-5/h26-37H,6-24H2,1-5H3,(H,43,52)(H,44,55)(H,45,53)(H,46,54). The summed E-state index contributed by atoms with van der Waals surface area (Å²) in [6.07, 6.45) is 5.09. The number of ether oxygens (including phenoxy) is 4. The fourth-order valence-corrected chi connectivity index (χ4v) is 9.75. The van der Waals surface area contributed by atoms with Crippen LogP contribution in [0.2, 0.25) is 0 Å². The lowest BCUT2D eigenvalue weighted by Gasteiger charge is -2.39. The predicted molar refractivity (Wildman–Crippen MR) is 219 cm³/mol. The Kier molecular flexibility index (Phi) is 18.8. The van der Waals surface area contributed by atoms with Gasteiger partial charge in [0, 0.05) is 64.2 Å². The first-order valence-electron chi connectivity index (χ1n) is 21.9. The lowest BCUT2D eigenvalue weighted by Crippen LogP contribution is -2.56. The Bertz CT molecular complexity index is 1380. The summed E-state index contributed by atoms with van der Waals surface area (Å²) in [5.74, 6) is -2.41. The molecule has 0 aromatic rings. The van der Waals surface area contributed by atoms with Crippen molar-refractivity contribution in [2.24, 2.45) is 28.0 Å². The minimum Gasteiger partial charge on any atom is -0.380 e. The third-order valence-corrected chi connectivity index (χ3v) is 13.4. The number of rotatable bonds is 17. The highest BCUT2D eigenvalue weighted by molar-refractivity contribution is 6.21. The first-order chi connectivity index (χ1) is 28.4. The van der Waals surface area contributed by atoms with Crippen LogP contribution in [-0.2, 0) is 42.9 Å². The van der Waals surface area contributed by atoms with Crippen LogP contribution in [0, 0.1) is 17.8 Å². The number of Topliss-reactive ketones (excluding diaryl/α,β-unsaturated/α-hetero) is 1. The summed E-state index contributed by atoms with van der Waals surface area (Å²) in [5.41, 5.74) is 0. The van der Waals surface area contributed by atoms with Crippen LogP contribution in [0.25, 0.3) is 0 Å². The van der Waals surface area contributed by atoms with Gasteiger partial charge < -0.3 is 40.2 Å². The van der Waals surface area contributed by atoms with Crippen molar-refractivity contribution in [1.82, 2.24) is 31.1 Å². The van der Waals surface area contributed by atoms with Gasteiger partial charge in [-0.3, -0.25) is 33.8 Å². The molecule has 18 heteroatoms. The number of carbonyl (C=O) groups excluding carboxylic acids is 5. The van der Waals surface area contributed by atoms with E-state index in [0.717, 1.165) is 39.0 Å². The number of nitrogens with zero attached hydrogens (tertiary/aromatic N) is 4. The van der Waals surface area contributed by atoms with Crippen molar-refractivity contribution < 1.29 is 42.9 Å². The van der Waals surface area contributed by atoms with E-state index in [4.69, 9.17) is 30.5 Å². The maximum Gasteiger partial charge on any atom is 0.254 e. The Balaban J connectivity index is 1.17. The summed E-state index contributed by atoms with van der Waals surface area (Å²) in [6, 6.07) is -2.29. The topological polar surface area (TPSA) is 202 Å². The van der Waals surface area contributed by atoms with Crippen molar-refractivity contribution in [3.05, 3.63) is 0 Å². The van der Waals surface area contributed by atoms with Crippen molar-refractivity contribution in [1.29, 1.82) is 0 Å². The van der Waals surface area contributed by atoms with E-state index in [-0.39, 0.29) is 65.6 Å². The highest BCUT2D eigenvalue weighted by Crippen LogP contribution is 2.33. The second-order valence-corrected chi connectivity index (χ2v) is 17.4. The summed E-state index contributed by atoms with van der Waals surface area (Å²) < 4.78 is 22.1. The fraction of sp³-hybridized carbons (Fsp3) is 0.878. The molecule has 4 amide bonds. The summed E-state index contributed by atoms with van der Waals surface area (Å²) in [4.78, 5) is 71.9. The Morgan fingerprint density at radius 1 is 0.695 bits per heavy atom. The molecule has 2 aliphatic heterocycles. The first kappa shape index (κ1) is 47.3. The molecule has 9 unspecified atom stereocenters. The zero-order valence-corrected chi connectivity index (χ0v) is 36.5. The quantitative estimate of drug-likeness (QED) is 0.0950. The molecule has 0 bridgehead atoms. The van der Waals surface area contributed by atoms with E-state index in [0.29, 0.717) is 84.2 Å². The molecular formula is C41H69ClN8O9. The van der Waals surface area contributed by atoms with E-state index >= 15 is 0 Å². The van der Waals surface area contributed by atoms with E-state index in [1.54, 1.807) is 14.2 Å². The number of amides is 4. The molecule has 17 nitrogen and oxygen atoms in total. The Morgan fingerprint density at radius 2 is 1.22 bits per heavy atom. The van der Waals surface area contributed by atoms with Gasteiger partial charge in [-0.15, -0.1) is 11.6 Å². The molecule has 5 aliphatic rings. The number of methoxy groups -OCH3 is 2. The van der Waals surface area contributed by atoms with Gasteiger partial charge in [0.25, 0.3) is 5.91 Å². The third-order valence-electron chi connectivity index (χ3n) is 12.9. The smallest absolute Gasteiger partial charge is 0.254 e. The van der Waals surface area contributed by atoms with Gasteiger partial charge in [0.1, 0.15) is 0 Å². The lowest BCUT2D eigenvalue weighted by molar-refractivity contribution is -0.136. The Labute approximate surface area is 354 Å². The number of halogens is 1. The number of morpholine rings is 2. The number of alkyl halides is 1. The SMILES string of the molecule is CCC(NC(=O)C1CC(NC(=O)C2CCC(N=NC(C(C)=O)C(=O)NC3CC(OC)C(Cl)CC3OC)CC2)CC(C(=O)NC(CC)N2CCOCC2)C1)N1CCOCC1. The average molecular weight is 854 g/mol. The van der Waals surface area contributed by atoms with Gasteiger partial charge in [0.05, 0.1) is 68.4 Å². The number of hydrogen-bond donors (Lipinski definition) is 4. The van der Waals surface area contributed by atoms with Crippen molar-refractivity contribution in [2.75, 3.05) is 66.8 Å². The third kappa shape index (κ3) is 13.3. The molecule has 5 fully saturated rings. The molecule has 5 rings (SSSR count). The van der Waals surface area contributed by atoms with Crippen LogP contribution in [-0.4, -0.2) is 160 Å². The van der Waals surface area contributed by atoms with Crippen molar-refractivity contribution in [2.45, 2.75) is 145 Å². The van der Waals surface area contributed by atoms with Crippen molar-refractivity contribution >= 4 is 41.0 Å². The van der Waals surface area contributed by atoms with Crippen LogP contribution in [0.15, 0.2) is 10.2 Å². The first-order valence-corrected chi connectivity index (χ1v) is 22.3. The van der Waals surface area contributed by atoms with Crippen LogP contribution >= 0.6 is 11.6 Å². The number of ketones is 1. The summed E-state index contributed by atoms with van der Waals surface area (Å²) >= 11 is 6.44. The Hall–Kier alpha value is -2.80. The molecular weight excluding hydrogens is 784 g/mol. The van der Waals surface area contributed by atoms with Gasteiger partial charge >= 0.3 is 0 Å².